The van der Waals surface area contributed by atoms with Crippen molar-refractivity contribution < 1.29 is 0 Å². The Hall–Kier alpha value is -1.65. The lowest BCUT2D eigenvalue weighted by Crippen LogP contribution is -2.22. The zero-order valence-corrected chi connectivity index (χ0v) is 9.47. The predicted octanol–water partition coefficient (Wildman–Crippen LogP) is 1.43. The lowest BCUT2D eigenvalue weighted by atomic mass is 10.1. The van der Waals surface area contributed by atoms with E-state index in [0.717, 1.165) is 11.5 Å². The molecule has 80 valence electrons. The molecule has 0 saturated heterocycles. The summed E-state index contributed by atoms with van der Waals surface area (Å²) in [6.45, 7) is 6.36. The molecule has 0 aliphatic rings. The third-order valence-corrected chi connectivity index (χ3v) is 2.32. The van der Waals surface area contributed by atoms with Gasteiger partial charge in [0.2, 0.25) is 0 Å². The van der Waals surface area contributed by atoms with E-state index in [0.29, 0.717) is 0 Å². The van der Waals surface area contributed by atoms with Gasteiger partial charge in [0.25, 0.3) is 0 Å². The van der Waals surface area contributed by atoms with Gasteiger partial charge >= 0.3 is 0 Å². The van der Waals surface area contributed by atoms with E-state index >= 15 is 0 Å². The molecule has 0 unspecified atom stereocenters. The maximum Gasteiger partial charge on any atom is 0.182 e. The molecule has 0 spiro atoms. The van der Waals surface area contributed by atoms with Gasteiger partial charge < -0.3 is 9.13 Å². The molecule has 0 N–H and O–H groups in total. The van der Waals surface area contributed by atoms with Crippen LogP contribution in [0.4, 0.5) is 0 Å². The van der Waals surface area contributed by atoms with Crippen LogP contribution in [0.2, 0.25) is 0 Å². The summed E-state index contributed by atoms with van der Waals surface area (Å²) in [7, 11) is 1.95. The van der Waals surface area contributed by atoms with Gasteiger partial charge in [-0.05, 0) is 20.8 Å². The van der Waals surface area contributed by atoms with Gasteiger partial charge in [0.05, 0.1) is 12.5 Å². The van der Waals surface area contributed by atoms with E-state index in [-0.39, 0.29) is 5.54 Å². The highest BCUT2D eigenvalue weighted by Gasteiger charge is 2.20. The van der Waals surface area contributed by atoms with Crippen molar-refractivity contribution >= 4 is 0 Å². The number of aromatic nitrogens is 5. The fraction of sp³-hybridized carbons (Fsp3) is 0.500. The van der Waals surface area contributed by atoms with E-state index in [1.165, 1.54) is 0 Å². The SMILES string of the molecule is Cn1cncc1-c1nncn1C(C)(C)C. The van der Waals surface area contributed by atoms with E-state index in [2.05, 4.69) is 36.0 Å². The number of hydrogen-bond acceptors (Lipinski definition) is 3. The topological polar surface area (TPSA) is 48.5 Å². The van der Waals surface area contributed by atoms with E-state index in [4.69, 9.17) is 0 Å². The quantitative estimate of drug-likeness (QED) is 0.707. The number of nitrogens with zero attached hydrogens (tertiary/aromatic N) is 5. The molecule has 0 atom stereocenters. The summed E-state index contributed by atoms with van der Waals surface area (Å²) in [5, 5.41) is 8.10. The zero-order valence-electron chi connectivity index (χ0n) is 9.47. The minimum absolute atomic E-state index is 0.0247. The highest BCUT2D eigenvalue weighted by molar-refractivity contribution is 5.48. The normalized spacial score (nSPS) is 12.0. The Balaban J connectivity index is 2.56. The van der Waals surface area contributed by atoms with Crippen LogP contribution in [0, 0.1) is 0 Å². The van der Waals surface area contributed by atoms with Crippen molar-refractivity contribution in [1.29, 1.82) is 0 Å². The molecule has 2 rings (SSSR count). The van der Waals surface area contributed by atoms with Gasteiger partial charge in [0.1, 0.15) is 12.0 Å². The number of hydrogen-bond donors (Lipinski definition) is 0. The summed E-state index contributed by atoms with van der Waals surface area (Å²) in [5.74, 6) is 0.850. The van der Waals surface area contributed by atoms with Crippen molar-refractivity contribution in [3.8, 4) is 11.5 Å². The molecule has 0 radical (unpaired) electrons. The first-order valence-corrected chi connectivity index (χ1v) is 4.87. The Morgan fingerprint density at radius 1 is 1.20 bits per heavy atom. The Morgan fingerprint density at radius 3 is 2.47 bits per heavy atom. The second-order valence-electron chi connectivity index (χ2n) is 4.59. The van der Waals surface area contributed by atoms with Crippen LogP contribution < -0.4 is 0 Å². The van der Waals surface area contributed by atoms with Gasteiger partial charge in [-0.1, -0.05) is 0 Å². The first kappa shape index (κ1) is 9.89. The van der Waals surface area contributed by atoms with Crippen LogP contribution in [-0.4, -0.2) is 24.3 Å². The lowest BCUT2D eigenvalue weighted by molar-refractivity contribution is 0.399. The molecule has 0 amide bonds. The lowest BCUT2D eigenvalue weighted by Gasteiger charge is -2.22. The number of rotatable bonds is 1. The summed E-state index contributed by atoms with van der Waals surface area (Å²) in [6.07, 6.45) is 5.31. The van der Waals surface area contributed by atoms with Crippen LogP contribution in [-0.2, 0) is 12.6 Å². The second-order valence-corrected chi connectivity index (χ2v) is 4.59. The Bertz CT molecular complexity index is 460. The van der Waals surface area contributed by atoms with E-state index in [9.17, 15) is 0 Å². The third kappa shape index (κ3) is 1.65. The Kier molecular flexibility index (Phi) is 2.10. The fourth-order valence-electron chi connectivity index (χ4n) is 1.47. The number of aryl methyl sites for hydroxylation is 1. The van der Waals surface area contributed by atoms with Gasteiger partial charge in [0, 0.05) is 12.6 Å². The highest BCUT2D eigenvalue weighted by atomic mass is 15.3. The molecule has 0 saturated carbocycles. The molecule has 2 aromatic heterocycles. The third-order valence-electron chi connectivity index (χ3n) is 2.32. The van der Waals surface area contributed by atoms with Crippen LogP contribution in [0.1, 0.15) is 20.8 Å². The molecule has 15 heavy (non-hydrogen) atoms. The standard InChI is InChI=1S/C10H15N5/c1-10(2,3)15-7-12-13-9(15)8-5-11-6-14(8)4/h5-7H,1-4H3. The van der Waals surface area contributed by atoms with Crippen LogP contribution in [0.15, 0.2) is 18.9 Å². The maximum absolute atomic E-state index is 4.14. The van der Waals surface area contributed by atoms with Crippen molar-refractivity contribution in [2.45, 2.75) is 26.3 Å². The molecule has 2 aromatic rings. The summed E-state index contributed by atoms with van der Waals surface area (Å²) < 4.78 is 3.98. The van der Waals surface area contributed by atoms with Crippen LogP contribution in [0.25, 0.3) is 11.5 Å². The summed E-state index contributed by atoms with van der Waals surface area (Å²) >= 11 is 0. The first-order valence-electron chi connectivity index (χ1n) is 4.87. The molecule has 0 aromatic carbocycles. The zero-order chi connectivity index (χ0) is 11.1. The minimum Gasteiger partial charge on any atom is -0.331 e. The summed E-state index contributed by atoms with van der Waals surface area (Å²) in [5.41, 5.74) is 0.950. The second kappa shape index (κ2) is 3.18. The fourth-order valence-corrected chi connectivity index (χ4v) is 1.47. The van der Waals surface area contributed by atoms with E-state index in [1.54, 1.807) is 18.9 Å². The first-order chi connectivity index (χ1) is 7.00. The van der Waals surface area contributed by atoms with Gasteiger partial charge in [-0.3, -0.25) is 0 Å². The smallest absolute Gasteiger partial charge is 0.182 e. The van der Waals surface area contributed by atoms with Crippen molar-refractivity contribution in [3.63, 3.8) is 0 Å². The maximum atomic E-state index is 4.14. The molecule has 0 aliphatic carbocycles. The average Bonchev–Trinajstić information content (AvgIpc) is 2.69. The summed E-state index contributed by atoms with van der Waals surface area (Å²) in [4.78, 5) is 4.08. The highest BCUT2D eigenvalue weighted by Crippen LogP contribution is 2.22. The molecule has 5 nitrogen and oxygen atoms in total. The van der Waals surface area contributed by atoms with Crippen molar-refractivity contribution in [2.24, 2.45) is 7.05 Å². The predicted molar refractivity (Wildman–Crippen MR) is 57.2 cm³/mol. The number of imidazole rings is 1. The van der Waals surface area contributed by atoms with E-state index in [1.807, 2.05) is 16.2 Å². The van der Waals surface area contributed by atoms with Crippen molar-refractivity contribution in [2.75, 3.05) is 0 Å². The molecule has 5 heteroatoms. The largest absolute Gasteiger partial charge is 0.331 e. The van der Waals surface area contributed by atoms with Gasteiger partial charge in [-0.25, -0.2) is 4.98 Å². The molecular formula is C10H15N5. The monoisotopic (exact) mass is 205 g/mol. The minimum atomic E-state index is -0.0247. The van der Waals surface area contributed by atoms with Gasteiger partial charge in [-0.2, -0.15) is 0 Å². The van der Waals surface area contributed by atoms with E-state index < -0.39 is 0 Å². The van der Waals surface area contributed by atoms with Crippen molar-refractivity contribution in [3.05, 3.63) is 18.9 Å². The molecule has 0 fully saturated rings. The van der Waals surface area contributed by atoms with Gasteiger partial charge in [-0.15, -0.1) is 10.2 Å². The Labute approximate surface area is 88.8 Å². The molecule has 0 aliphatic heterocycles. The van der Waals surface area contributed by atoms with Gasteiger partial charge in [0.15, 0.2) is 5.82 Å². The van der Waals surface area contributed by atoms with Crippen LogP contribution >= 0.6 is 0 Å². The summed E-state index contributed by atoms with van der Waals surface area (Å²) in [6, 6.07) is 0. The van der Waals surface area contributed by atoms with Crippen LogP contribution in [0.5, 0.6) is 0 Å². The average molecular weight is 205 g/mol. The molecular weight excluding hydrogens is 190 g/mol. The van der Waals surface area contributed by atoms with Crippen molar-refractivity contribution in [1.82, 2.24) is 24.3 Å². The Morgan fingerprint density at radius 2 is 1.93 bits per heavy atom. The molecule has 0 bridgehead atoms. The molecule has 2 heterocycles. The van der Waals surface area contributed by atoms with Crippen LogP contribution in [0.3, 0.4) is 0 Å².